The lowest BCUT2D eigenvalue weighted by molar-refractivity contribution is -0.155. The van der Waals surface area contributed by atoms with Gasteiger partial charge in [0, 0.05) is 6.54 Å². The molecule has 1 saturated heterocycles. The largest absolute Gasteiger partial charge is 0.466 e. The molecule has 1 spiro atoms. The molecule has 13 heavy (non-hydrogen) atoms. The number of hydrogen-bond acceptors (Lipinski definition) is 3. The zero-order valence-electron chi connectivity index (χ0n) is 8.14. The van der Waals surface area contributed by atoms with Crippen molar-refractivity contribution in [3.8, 4) is 0 Å². The van der Waals surface area contributed by atoms with E-state index in [1.165, 1.54) is 6.42 Å². The number of carbonyl (C=O) groups excluding carboxylic acids is 1. The van der Waals surface area contributed by atoms with Crippen LogP contribution >= 0.6 is 0 Å². The third-order valence-electron chi connectivity index (χ3n) is 3.31. The molecule has 2 fully saturated rings. The summed E-state index contributed by atoms with van der Waals surface area (Å²) in [6.45, 7) is 4.60. The molecule has 1 aliphatic carbocycles. The molecule has 2 aliphatic rings. The Bertz CT molecular complexity index is 201. The van der Waals surface area contributed by atoms with E-state index in [4.69, 9.17) is 4.74 Å². The summed E-state index contributed by atoms with van der Waals surface area (Å²) in [6.07, 6.45) is 3.32. The van der Waals surface area contributed by atoms with Gasteiger partial charge in [-0.25, -0.2) is 0 Å². The van der Waals surface area contributed by atoms with Crippen molar-refractivity contribution in [2.24, 2.45) is 11.3 Å². The van der Waals surface area contributed by atoms with Gasteiger partial charge in [0.05, 0.1) is 12.5 Å². The summed E-state index contributed by atoms with van der Waals surface area (Å²) in [4.78, 5) is 11.3. The second-order valence-electron chi connectivity index (χ2n) is 4.28. The molecule has 0 unspecified atom stereocenters. The molecule has 0 aromatic rings. The molecule has 0 bridgehead atoms. The van der Waals surface area contributed by atoms with Crippen molar-refractivity contribution in [2.75, 3.05) is 19.7 Å². The molecule has 1 heterocycles. The first-order valence-electron chi connectivity index (χ1n) is 5.13. The molecule has 1 N–H and O–H groups in total. The zero-order valence-corrected chi connectivity index (χ0v) is 8.14. The highest BCUT2D eigenvalue weighted by Gasteiger charge is 2.49. The van der Waals surface area contributed by atoms with E-state index in [9.17, 15) is 4.79 Å². The fourth-order valence-electron chi connectivity index (χ4n) is 2.56. The molecule has 1 aliphatic heterocycles. The minimum atomic E-state index is 0.0139. The van der Waals surface area contributed by atoms with Crippen molar-refractivity contribution in [3.05, 3.63) is 0 Å². The highest BCUT2D eigenvalue weighted by molar-refractivity contribution is 5.73. The Balaban J connectivity index is 1.80. The Hall–Kier alpha value is -0.570. The van der Waals surface area contributed by atoms with Gasteiger partial charge in [-0.3, -0.25) is 4.79 Å². The van der Waals surface area contributed by atoms with Crippen LogP contribution in [0.15, 0.2) is 0 Å². The molecular weight excluding hydrogens is 166 g/mol. The number of carbonyl (C=O) groups is 1. The van der Waals surface area contributed by atoms with Crippen LogP contribution in [-0.2, 0) is 9.53 Å². The van der Waals surface area contributed by atoms with Crippen LogP contribution in [0.5, 0.6) is 0 Å². The van der Waals surface area contributed by atoms with Gasteiger partial charge in [0.15, 0.2) is 0 Å². The average Bonchev–Trinajstić information content (AvgIpc) is 2.49. The lowest BCUT2D eigenvalue weighted by Crippen LogP contribution is -2.43. The molecule has 0 radical (unpaired) electrons. The standard InChI is InChI=1S/C10H17NO2/c1-2-13-9(12)8-5-10(6-8)3-4-11-7-10/h8,11H,2-7H2,1H3. The maximum atomic E-state index is 11.3. The predicted molar refractivity (Wildman–Crippen MR) is 49.3 cm³/mol. The molecule has 0 aromatic heterocycles. The Labute approximate surface area is 78.8 Å². The van der Waals surface area contributed by atoms with Crippen LogP contribution < -0.4 is 5.32 Å². The van der Waals surface area contributed by atoms with E-state index in [2.05, 4.69) is 5.32 Å². The van der Waals surface area contributed by atoms with E-state index in [1.807, 2.05) is 6.92 Å². The van der Waals surface area contributed by atoms with Gasteiger partial charge >= 0.3 is 5.97 Å². The predicted octanol–water partition coefficient (Wildman–Crippen LogP) is 0.939. The number of ether oxygens (including phenoxy) is 1. The van der Waals surface area contributed by atoms with Gasteiger partial charge in [-0.1, -0.05) is 0 Å². The summed E-state index contributed by atoms with van der Waals surface area (Å²) < 4.78 is 4.99. The number of nitrogens with one attached hydrogen (secondary N) is 1. The average molecular weight is 183 g/mol. The number of rotatable bonds is 2. The minimum Gasteiger partial charge on any atom is -0.466 e. The Morgan fingerprint density at radius 2 is 2.38 bits per heavy atom. The number of esters is 1. The quantitative estimate of drug-likeness (QED) is 0.647. The molecule has 0 aromatic carbocycles. The molecule has 74 valence electrons. The van der Waals surface area contributed by atoms with Gasteiger partial charge in [0.25, 0.3) is 0 Å². The Kier molecular flexibility index (Phi) is 2.28. The third kappa shape index (κ3) is 1.57. The number of hydrogen-bond donors (Lipinski definition) is 1. The first kappa shape index (κ1) is 9.00. The first-order valence-corrected chi connectivity index (χ1v) is 5.13. The second-order valence-corrected chi connectivity index (χ2v) is 4.28. The molecule has 3 nitrogen and oxygen atoms in total. The Morgan fingerprint density at radius 3 is 2.92 bits per heavy atom. The fourth-order valence-corrected chi connectivity index (χ4v) is 2.56. The molecule has 3 heteroatoms. The maximum absolute atomic E-state index is 11.3. The van der Waals surface area contributed by atoms with Crippen LogP contribution in [0.2, 0.25) is 0 Å². The molecule has 2 rings (SSSR count). The summed E-state index contributed by atoms with van der Waals surface area (Å²) in [7, 11) is 0. The molecular formula is C10H17NO2. The van der Waals surface area contributed by atoms with Gasteiger partial charge in [-0.15, -0.1) is 0 Å². The van der Waals surface area contributed by atoms with Gasteiger partial charge < -0.3 is 10.1 Å². The summed E-state index contributed by atoms with van der Waals surface area (Å²) >= 11 is 0. The lowest BCUT2D eigenvalue weighted by atomic mass is 9.61. The lowest BCUT2D eigenvalue weighted by Gasteiger charge is -2.43. The van der Waals surface area contributed by atoms with Crippen LogP contribution in [-0.4, -0.2) is 25.7 Å². The van der Waals surface area contributed by atoms with E-state index in [0.29, 0.717) is 12.0 Å². The van der Waals surface area contributed by atoms with E-state index in [1.54, 1.807) is 0 Å². The van der Waals surface area contributed by atoms with Crippen molar-refractivity contribution in [1.82, 2.24) is 5.32 Å². The van der Waals surface area contributed by atoms with Crippen molar-refractivity contribution in [3.63, 3.8) is 0 Å². The second kappa shape index (κ2) is 3.29. The Morgan fingerprint density at radius 1 is 1.62 bits per heavy atom. The monoisotopic (exact) mass is 183 g/mol. The minimum absolute atomic E-state index is 0.0139. The van der Waals surface area contributed by atoms with Crippen molar-refractivity contribution >= 4 is 5.97 Å². The van der Waals surface area contributed by atoms with Crippen LogP contribution in [0.3, 0.4) is 0 Å². The third-order valence-corrected chi connectivity index (χ3v) is 3.31. The van der Waals surface area contributed by atoms with Gasteiger partial charge in [0.1, 0.15) is 0 Å². The SMILES string of the molecule is CCOC(=O)C1CC2(CCNC2)C1. The van der Waals surface area contributed by atoms with Gasteiger partial charge in [-0.05, 0) is 38.1 Å². The fraction of sp³-hybridized carbons (Fsp3) is 0.900. The summed E-state index contributed by atoms with van der Waals surface area (Å²) in [6, 6.07) is 0. The summed E-state index contributed by atoms with van der Waals surface area (Å²) in [5.74, 6) is 0.208. The van der Waals surface area contributed by atoms with E-state index in [-0.39, 0.29) is 11.9 Å². The molecule has 1 saturated carbocycles. The van der Waals surface area contributed by atoms with Crippen LogP contribution in [0.4, 0.5) is 0 Å². The summed E-state index contributed by atoms with van der Waals surface area (Å²) in [5.41, 5.74) is 0.456. The smallest absolute Gasteiger partial charge is 0.308 e. The van der Waals surface area contributed by atoms with E-state index >= 15 is 0 Å². The van der Waals surface area contributed by atoms with Crippen molar-refractivity contribution in [1.29, 1.82) is 0 Å². The van der Waals surface area contributed by atoms with Crippen LogP contribution in [0, 0.1) is 11.3 Å². The summed E-state index contributed by atoms with van der Waals surface area (Å²) in [5, 5.41) is 3.35. The first-order chi connectivity index (χ1) is 6.26. The maximum Gasteiger partial charge on any atom is 0.308 e. The topological polar surface area (TPSA) is 38.3 Å². The van der Waals surface area contributed by atoms with Crippen LogP contribution in [0.1, 0.15) is 26.2 Å². The van der Waals surface area contributed by atoms with Crippen molar-refractivity contribution in [2.45, 2.75) is 26.2 Å². The zero-order chi connectivity index (χ0) is 9.31. The normalized spacial score (nSPS) is 37.5. The van der Waals surface area contributed by atoms with Gasteiger partial charge in [-0.2, -0.15) is 0 Å². The van der Waals surface area contributed by atoms with E-state index in [0.717, 1.165) is 25.9 Å². The van der Waals surface area contributed by atoms with Gasteiger partial charge in [0.2, 0.25) is 0 Å². The van der Waals surface area contributed by atoms with E-state index < -0.39 is 0 Å². The molecule has 0 amide bonds. The highest BCUT2D eigenvalue weighted by atomic mass is 16.5. The van der Waals surface area contributed by atoms with Crippen LogP contribution in [0.25, 0.3) is 0 Å². The highest BCUT2D eigenvalue weighted by Crippen LogP contribution is 2.49. The molecule has 0 atom stereocenters. The van der Waals surface area contributed by atoms with Crippen molar-refractivity contribution < 1.29 is 9.53 Å².